The number of carbonyl (C=O) groups excluding carboxylic acids is 1. The molecule has 0 spiro atoms. The standard InChI is InChI=1S/C24H18F3N3O3/c1-32-19-8-5-15(6-9-19)20-14-17(7-10-22(20)33-24(26)27)28-23(31)21-11-12-30(29-21)18-4-2-3-16(25)13-18/h2-14,24H,1H3,(H,28,31). The van der Waals surface area contributed by atoms with E-state index in [1.54, 1.807) is 30.3 Å². The second kappa shape index (κ2) is 9.47. The Morgan fingerprint density at radius 1 is 1.03 bits per heavy atom. The Balaban J connectivity index is 1.59. The highest BCUT2D eigenvalue weighted by Crippen LogP contribution is 2.34. The molecule has 168 valence electrons. The van der Waals surface area contributed by atoms with Crippen LogP contribution in [0.4, 0.5) is 18.9 Å². The molecule has 0 bridgehead atoms. The summed E-state index contributed by atoms with van der Waals surface area (Å²) in [7, 11) is 1.52. The fourth-order valence-electron chi connectivity index (χ4n) is 3.21. The molecule has 1 aromatic heterocycles. The lowest BCUT2D eigenvalue weighted by atomic mass is 10.0. The first kappa shape index (κ1) is 21.9. The lowest BCUT2D eigenvalue weighted by molar-refractivity contribution is -0.0494. The van der Waals surface area contributed by atoms with E-state index in [1.807, 2.05) is 0 Å². The molecular weight excluding hydrogens is 435 g/mol. The van der Waals surface area contributed by atoms with Crippen molar-refractivity contribution >= 4 is 11.6 Å². The Morgan fingerprint density at radius 3 is 2.52 bits per heavy atom. The summed E-state index contributed by atoms with van der Waals surface area (Å²) in [5.41, 5.74) is 1.87. The van der Waals surface area contributed by atoms with Gasteiger partial charge in [0.1, 0.15) is 17.3 Å². The van der Waals surface area contributed by atoms with E-state index >= 15 is 0 Å². The van der Waals surface area contributed by atoms with Crippen LogP contribution in [0.5, 0.6) is 11.5 Å². The van der Waals surface area contributed by atoms with Crippen molar-refractivity contribution in [3.63, 3.8) is 0 Å². The molecule has 3 aromatic carbocycles. The fraction of sp³-hybridized carbons (Fsp3) is 0.0833. The number of aromatic nitrogens is 2. The number of carbonyl (C=O) groups is 1. The normalized spacial score (nSPS) is 10.8. The highest BCUT2D eigenvalue weighted by molar-refractivity contribution is 6.03. The number of anilines is 1. The van der Waals surface area contributed by atoms with Crippen molar-refractivity contribution in [1.29, 1.82) is 0 Å². The number of nitrogens with one attached hydrogen (secondary N) is 1. The van der Waals surface area contributed by atoms with Gasteiger partial charge in [0.05, 0.1) is 12.8 Å². The Labute approximate surface area is 187 Å². The lowest BCUT2D eigenvalue weighted by Crippen LogP contribution is -2.13. The number of halogens is 3. The molecule has 4 rings (SSSR count). The molecule has 0 radical (unpaired) electrons. The van der Waals surface area contributed by atoms with Crippen LogP contribution in [-0.2, 0) is 0 Å². The molecule has 0 fully saturated rings. The number of hydrogen-bond donors (Lipinski definition) is 1. The molecule has 33 heavy (non-hydrogen) atoms. The molecule has 4 aromatic rings. The van der Waals surface area contributed by atoms with Crippen LogP contribution in [0.2, 0.25) is 0 Å². The maximum atomic E-state index is 13.5. The topological polar surface area (TPSA) is 65.4 Å². The van der Waals surface area contributed by atoms with Crippen LogP contribution in [0.3, 0.4) is 0 Å². The van der Waals surface area contributed by atoms with Gasteiger partial charge in [0, 0.05) is 17.4 Å². The van der Waals surface area contributed by atoms with Crippen LogP contribution in [0.15, 0.2) is 79.0 Å². The van der Waals surface area contributed by atoms with Crippen molar-refractivity contribution in [2.45, 2.75) is 6.61 Å². The van der Waals surface area contributed by atoms with Gasteiger partial charge in [-0.2, -0.15) is 13.9 Å². The minimum atomic E-state index is -3.01. The smallest absolute Gasteiger partial charge is 0.387 e. The van der Waals surface area contributed by atoms with Crippen molar-refractivity contribution in [2.24, 2.45) is 0 Å². The summed E-state index contributed by atoms with van der Waals surface area (Å²) in [5, 5.41) is 6.87. The summed E-state index contributed by atoms with van der Waals surface area (Å²) in [6.07, 6.45) is 1.53. The van der Waals surface area contributed by atoms with Gasteiger partial charge >= 0.3 is 6.61 Å². The zero-order chi connectivity index (χ0) is 23.4. The largest absolute Gasteiger partial charge is 0.497 e. The molecule has 9 heteroatoms. The van der Waals surface area contributed by atoms with E-state index in [0.29, 0.717) is 28.3 Å². The number of ether oxygens (including phenoxy) is 2. The maximum Gasteiger partial charge on any atom is 0.387 e. The zero-order valence-electron chi connectivity index (χ0n) is 17.3. The first-order valence-electron chi connectivity index (χ1n) is 9.79. The average Bonchev–Trinajstić information content (AvgIpc) is 3.30. The maximum absolute atomic E-state index is 13.5. The molecule has 0 saturated heterocycles. The monoisotopic (exact) mass is 453 g/mol. The van der Waals surface area contributed by atoms with Crippen LogP contribution >= 0.6 is 0 Å². The Kier molecular flexibility index (Phi) is 6.30. The van der Waals surface area contributed by atoms with Gasteiger partial charge < -0.3 is 14.8 Å². The summed E-state index contributed by atoms with van der Waals surface area (Å²) < 4.78 is 50.4. The lowest BCUT2D eigenvalue weighted by Gasteiger charge is -2.13. The predicted octanol–water partition coefficient (Wildman–Crippen LogP) is 5.54. The first-order chi connectivity index (χ1) is 15.9. The fourth-order valence-corrected chi connectivity index (χ4v) is 3.21. The highest BCUT2D eigenvalue weighted by atomic mass is 19.3. The van der Waals surface area contributed by atoms with E-state index in [1.165, 1.54) is 60.5 Å². The number of alkyl halides is 2. The highest BCUT2D eigenvalue weighted by Gasteiger charge is 2.15. The van der Waals surface area contributed by atoms with Crippen LogP contribution in [-0.4, -0.2) is 29.4 Å². The second-order valence-corrected chi connectivity index (χ2v) is 6.90. The van der Waals surface area contributed by atoms with Gasteiger partial charge in [-0.05, 0) is 60.2 Å². The van der Waals surface area contributed by atoms with Gasteiger partial charge in [-0.25, -0.2) is 9.07 Å². The molecule has 0 aliphatic rings. The summed E-state index contributed by atoms with van der Waals surface area (Å²) in [6.45, 7) is -3.01. The van der Waals surface area contributed by atoms with E-state index in [4.69, 9.17) is 4.74 Å². The van der Waals surface area contributed by atoms with Gasteiger partial charge in [-0.1, -0.05) is 18.2 Å². The van der Waals surface area contributed by atoms with E-state index in [-0.39, 0.29) is 11.4 Å². The van der Waals surface area contributed by atoms with Crippen LogP contribution in [0.25, 0.3) is 16.8 Å². The van der Waals surface area contributed by atoms with E-state index < -0.39 is 18.3 Å². The minimum absolute atomic E-state index is 0.0384. The van der Waals surface area contributed by atoms with E-state index in [2.05, 4.69) is 15.2 Å². The molecule has 0 unspecified atom stereocenters. The molecule has 1 N–H and O–H groups in total. The number of rotatable bonds is 7. The molecule has 1 amide bonds. The predicted molar refractivity (Wildman–Crippen MR) is 117 cm³/mol. The summed E-state index contributed by atoms with van der Waals surface area (Å²) in [5.74, 6) is -0.378. The number of benzene rings is 3. The number of amides is 1. The van der Waals surface area contributed by atoms with Crippen molar-refractivity contribution < 1.29 is 27.4 Å². The van der Waals surface area contributed by atoms with Crippen molar-refractivity contribution in [3.05, 3.63) is 90.5 Å². The molecule has 6 nitrogen and oxygen atoms in total. The molecular formula is C24H18F3N3O3. The van der Waals surface area contributed by atoms with Gasteiger partial charge in [-0.15, -0.1) is 0 Å². The van der Waals surface area contributed by atoms with Gasteiger partial charge in [-0.3, -0.25) is 4.79 Å². The number of hydrogen-bond acceptors (Lipinski definition) is 4. The zero-order valence-corrected chi connectivity index (χ0v) is 17.3. The van der Waals surface area contributed by atoms with Gasteiger partial charge in [0.2, 0.25) is 0 Å². The molecule has 0 aliphatic heterocycles. The van der Waals surface area contributed by atoms with Crippen LogP contribution < -0.4 is 14.8 Å². The van der Waals surface area contributed by atoms with Crippen molar-refractivity contribution in [2.75, 3.05) is 12.4 Å². The van der Waals surface area contributed by atoms with Gasteiger partial charge in [0.15, 0.2) is 5.69 Å². The quantitative estimate of drug-likeness (QED) is 0.399. The minimum Gasteiger partial charge on any atom is -0.497 e. The van der Waals surface area contributed by atoms with Crippen molar-refractivity contribution in [3.8, 4) is 28.3 Å². The van der Waals surface area contributed by atoms with Crippen LogP contribution in [0.1, 0.15) is 10.5 Å². The Morgan fingerprint density at radius 2 is 1.82 bits per heavy atom. The third-order valence-corrected chi connectivity index (χ3v) is 4.75. The SMILES string of the molecule is COc1ccc(-c2cc(NC(=O)c3ccn(-c4cccc(F)c4)n3)ccc2OC(F)F)cc1. The third kappa shape index (κ3) is 5.15. The second-order valence-electron chi connectivity index (χ2n) is 6.90. The first-order valence-corrected chi connectivity index (χ1v) is 9.79. The third-order valence-electron chi connectivity index (χ3n) is 4.75. The van der Waals surface area contributed by atoms with Crippen molar-refractivity contribution in [1.82, 2.24) is 9.78 Å². The number of methoxy groups -OCH3 is 1. The molecule has 0 aliphatic carbocycles. The number of nitrogens with zero attached hydrogens (tertiary/aromatic N) is 2. The summed E-state index contributed by atoms with van der Waals surface area (Å²) in [4.78, 5) is 12.7. The van der Waals surface area contributed by atoms with E-state index in [0.717, 1.165) is 0 Å². The Hall–Kier alpha value is -4.27. The average molecular weight is 453 g/mol. The molecule has 0 saturated carbocycles. The summed E-state index contributed by atoms with van der Waals surface area (Å²) >= 11 is 0. The van der Waals surface area contributed by atoms with E-state index in [9.17, 15) is 18.0 Å². The Bertz CT molecular complexity index is 1270. The van der Waals surface area contributed by atoms with Gasteiger partial charge in [0.25, 0.3) is 5.91 Å². The van der Waals surface area contributed by atoms with Crippen LogP contribution in [0, 0.1) is 5.82 Å². The molecule has 0 atom stereocenters. The molecule has 1 heterocycles. The summed E-state index contributed by atoms with van der Waals surface area (Å²) in [6, 6.07) is 18.4.